The average Bonchev–Trinajstić information content (AvgIpc) is 3.58. The summed E-state index contributed by atoms with van der Waals surface area (Å²) in [6, 6.07) is 7.52. The van der Waals surface area contributed by atoms with Crippen LogP contribution in [0.4, 0.5) is 0 Å². The molecule has 3 aliphatic rings. The summed E-state index contributed by atoms with van der Waals surface area (Å²) >= 11 is 14.5. The third kappa shape index (κ3) is 4.11. The summed E-state index contributed by atoms with van der Waals surface area (Å²) in [5.74, 6) is 1.29. The van der Waals surface area contributed by atoms with Gasteiger partial charge in [0.2, 0.25) is 0 Å². The van der Waals surface area contributed by atoms with Crippen molar-refractivity contribution in [3.63, 3.8) is 0 Å². The molecular weight excluding hydrogens is 487 g/mol. The van der Waals surface area contributed by atoms with Crippen LogP contribution in [0.1, 0.15) is 59.4 Å². The van der Waals surface area contributed by atoms with Gasteiger partial charge in [0.05, 0.1) is 16.4 Å². The molecule has 1 saturated carbocycles. The molecule has 2 fully saturated rings. The minimum atomic E-state index is -0.128. The molecule has 0 bridgehead atoms. The second-order valence-electron chi connectivity index (χ2n) is 9.56. The number of hydrogen-bond acceptors (Lipinski definition) is 4. The van der Waals surface area contributed by atoms with Crippen LogP contribution in [0.2, 0.25) is 10.0 Å². The van der Waals surface area contributed by atoms with Crippen LogP contribution in [0.15, 0.2) is 35.0 Å². The lowest BCUT2D eigenvalue weighted by Gasteiger charge is -2.20. The molecule has 3 heterocycles. The van der Waals surface area contributed by atoms with Crippen LogP contribution in [0, 0.1) is 11.8 Å². The van der Waals surface area contributed by atoms with Crippen LogP contribution in [-0.4, -0.2) is 33.8 Å². The molecule has 2 aromatic heterocycles. The van der Waals surface area contributed by atoms with Crippen LogP contribution >= 0.6 is 34.5 Å². The van der Waals surface area contributed by atoms with E-state index in [0.29, 0.717) is 27.6 Å². The summed E-state index contributed by atoms with van der Waals surface area (Å²) in [5.41, 5.74) is 8.71. The normalized spacial score (nSPS) is 23.3. The molecule has 1 aromatic carbocycles. The summed E-state index contributed by atoms with van der Waals surface area (Å²) < 4.78 is 1.85. The zero-order chi connectivity index (χ0) is 23.2. The maximum atomic E-state index is 13.5. The number of hydrazine groups is 1. The van der Waals surface area contributed by atoms with Gasteiger partial charge >= 0.3 is 0 Å². The number of benzene rings is 1. The molecule has 1 amide bonds. The molecule has 5 nitrogen and oxygen atoms in total. The molecule has 1 N–H and O–H groups in total. The largest absolute Gasteiger partial charge is 0.286 e. The summed E-state index contributed by atoms with van der Waals surface area (Å²) in [4.78, 5) is 13.5. The van der Waals surface area contributed by atoms with Crippen LogP contribution in [0.3, 0.4) is 0 Å². The van der Waals surface area contributed by atoms with Crippen molar-refractivity contribution in [1.29, 1.82) is 0 Å². The minimum Gasteiger partial charge on any atom is -0.283 e. The lowest BCUT2D eigenvalue weighted by Crippen LogP contribution is -2.41. The number of fused-ring (bicyclic) bond motifs is 2. The zero-order valence-corrected chi connectivity index (χ0v) is 21.1. The van der Waals surface area contributed by atoms with Gasteiger partial charge in [0.15, 0.2) is 5.69 Å². The van der Waals surface area contributed by atoms with Crippen molar-refractivity contribution in [3.05, 3.63) is 67.6 Å². The first-order valence-electron chi connectivity index (χ1n) is 11.9. The number of carbonyl (C=O) groups is 1. The van der Waals surface area contributed by atoms with Crippen LogP contribution < -0.4 is 5.43 Å². The van der Waals surface area contributed by atoms with Gasteiger partial charge in [-0.2, -0.15) is 16.4 Å². The van der Waals surface area contributed by atoms with E-state index in [4.69, 9.17) is 28.3 Å². The van der Waals surface area contributed by atoms with E-state index in [0.717, 1.165) is 54.9 Å². The maximum absolute atomic E-state index is 13.5. The number of carbonyl (C=O) groups excluding carboxylic acids is 1. The van der Waals surface area contributed by atoms with Gasteiger partial charge in [-0.1, -0.05) is 29.6 Å². The first kappa shape index (κ1) is 22.4. The molecule has 1 saturated heterocycles. The highest BCUT2D eigenvalue weighted by molar-refractivity contribution is 7.08. The maximum Gasteiger partial charge on any atom is 0.286 e. The van der Waals surface area contributed by atoms with Crippen molar-refractivity contribution in [3.8, 4) is 5.69 Å². The summed E-state index contributed by atoms with van der Waals surface area (Å²) in [6.07, 6.45) is 8.79. The van der Waals surface area contributed by atoms with Gasteiger partial charge in [-0.3, -0.25) is 10.2 Å². The second kappa shape index (κ2) is 9.15. The topological polar surface area (TPSA) is 50.2 Å². The average molecular weight is 513 g/mol. The highest BCUT2D eigenvalue weighted by atomic mass is 35.5. The molecule has 8 heteroatoms. The third-order valence-electron chi connectivity index (χ3n) is 7.38. The summed E-state index contributed by atoms with van der Waals surface area (Å²) in [7, 11) is 0. The molecular formula is C26H26Cl2N4OS. The van der Waals surface area contributed by atoms with E-state index in [1.54, 1.807) is 17.4 Å². The highest BCUT2D eigenvalue weighted by Gasteiger charge is 2.37. The number of amides is 1. The van der Waals surface area contributed by atoms with E-state index in [1.165, 1.54) is 24.8 Å². The number of rotatable bonds is 4. The number of nitrogens with one attached hydrogen (secondary N) is 1. The number of nitrogens with zero attached hydrogens (tertiary/aromatic N) is 3. The first-order valence-corrected chi connectivity index (χ1v) is 13.6. The predicted molar refractivity (Wildman–Crippen MR) is 139 cm³/mol. The van der Waals surface area contributed by atoms with Crippen molar-refractivity contribution in [2.75, 3.05) is 13.1 Å². The summed E-state index contributed by atoms with van der Waals surface area (Å²) in [6.45, 7) is 1.87. The van der Waals surface area contributed by atoms with Gasteiger partial charge in [-0.15, -0.1) is 0 Å². The Balaban J connectivity index is 1.41. The Morgan fingerprint density at radius 1 is 1.12 bits per heavy atom. The lowest BCUT2D eigenvalue weighted by molar-refractivity contribution is 0.0807. The Bertz CT molecular complexity index is 1250. The Morgan fingerprint density at radius 2 is 1.94 bits per heavy atom. The van der Waals surface area contributed by atoms with Gasteiger partial charge in [0, 0.05) is 23.7 Å². The van der Waals surface area contributed by atoms with E-state index in [-0.39, 0.29) is 5.91 Å². The molecule has 176 valence electrons. The van der Waals surface area contributed by atoms with Gasteiger partial charge in [-0.05, 0) is 96.2 Å². The molecule has 0 radical (unpaired) electrons. The fourth-order valence-corrected chi connectivity index (χ4v) is 6.93. The SMILES string of the molecule is O=C(NN1CC2CCCC2C1)c1nn(-c2ccc(Cl)cc2Cl)c2c1CCCC2=Cc1ccsc1. The molecule has 34 heavy (non-hydrogen) atoms. The van der Waals surface area contributed by atoms with Gasteiger partial charge in [-0.25, -0.2) is 9.69 Å². The van der Waals surface area contributed by atoms with Gasteiger partial charge < -0.3 is 0 Å². The fraction of sp³-hybridized carbons (Fsp3) is 0.385. The van der Waals surface area contributed by atoms with Crippen LogP contribution in [0.25, 0.3) is 17.3 Å². The van der Waals surface area contributed by atoms with Crippen molar-refractivity contribution < 1.29 is 4.79 Å². The number of aromatic nitrogens is 2. The van der Waals surface area contributed by atoms with Crippen LogP contribution in [-0.2, 0) is 6.42 Å². The van der Waals surface area contributed by atoms with Gasteiger partial charge in [0.25, 0.3) is 5.91 Å². The van der Waals surface area contributed by atoms with Gasteiger partial charge in [0.1, 0.15) is 0 Å². The Hall–Kier alpha value is -2.12. The summed E-state index contributed by atoms with van der Waals surface area (Å²) in [5, 5.41) is 12.3. The molecule has 6 rings (SSSR count). The lowest BCUT2D eigenvalue weighted by atomic mass is 9.90. The quantitative estimate of drug-likeness (QED) is 0.434. The van der Waals surface area contributed by atoms with E-state index in [9.17, 15) is 4.79 Å². The fourth-order valence-electron chi connectivity index (χ4n) is 5.82. The number of hydrogen-bond donors (Lipinski definition) is 1. The third-order valence-corrected chi connectivity index (χ3v) is 8.62. The van der Waals surface area contributed by atoms with Crippen molar-refractivity contribution in [2.45, 2.75) is 38.5 Å². The number of halogens is 2. The van der Waals surface area contributed by atoms with Crippen molar-refractivity contribution >= 4 is 52.1 Å². The van der Waals surface area contributed by atoms with Crippen molar-refractivity contribution in [1.82, 2.24) is 20.2 Å². The van der Waals surface area contributed by atoms with Crippen LogP contribution in [0.5, 0.6) is 0 Å². The Labute approximate surface area is 213 Å². The smallest absolute Gasteiger partial charge is 0.283 e. The predicted octanol–water partition coefficient (Wildman–Crippen LogP) is 6.49. The molecule has 2 atom stereocenters. The standard InChI is InChI=1S/C26H26Cl2N4OS/c27-20-7-8-23(22(28)12-20)32-25-17(11-16-9-10-34-15-16)3-2-6-21(25)24(29-32)26(33)30-31-13-18-4-1-5-19(18)14-31/h7-12,15,18-19H,1-6,13-14H2,(H,30,33). The molecule has 2 aliphatic carbocycles. The highest BCUT2D eigenvalue weighted by Crippen LogP contribution is 2.39. The first-order chi connectivity index (χ1) is 16.6. The molecule has 1 aliphatic heterocycles. The minimum absolute atomic E-state index is 0.128. The number of thiophene rings is 1. The Morgan fingerprint density at radius 3 is 2.68 bits per heavy atom. The second-order valence-corrected chi connectivity index (χ2v) is 11.2. The molecule has 2 unspecified atom stereocenters. The van der Waals surface area contributed by atoms with Crippen molar-refractivity contribution in [2.24, 2.45) is 11.8 Å². The van der Waals surface area contributed by atoms with E-state index < -0.39 is 0 Å². The molecule has 3 aromatic rings. The zero-order valence-electron chi connectivity index (χ0n) is 18.8. The Kier molecular flexibility index (Phi) is 6.02. The number of allylic oxidation sites excluding steroid dienone is 1. The monoisotopic (exact) mass is 512 g/mol. The van der Waals surface area contributed by atoms with E-state index in [1.807, 2.05) is 16.8 Å². The van der Waals surface area contributed by atoms with E-state index >= 15 is 0 Å². The molecule has 0 spiro atoms. The van der Waals surface area contributed by atoms with E-state index in [2.05, 4.69) is 33.3 Å².